The molecular formula is C46H33N5Si. The van der Waals surface area contributed by atoms with Crippen LogP contribution in [0.15, 0.2) is 182 Å². The number of hydrogen-bond donors (Lipinski definition) is 0. The average Bonchev–Trinajstić information content (AvgIpc) is 3.74. The van der Waals surface area contributed by atoms with Gasteiger partial charge in [-0.1, -0.05) is 164 Å². The Balaban J connectivity index is 1.27. The fourth-order valence-electron chi connectivity index (χ4n) is 7.97. The van der Waals surface area contributed by atoms with Gasteiger partial charge in [-0.2, -0.15) is 15.0 Å². The highest BCUT2D eigenvalue weighted by atomic mass is 28.3. The number of nitrogens with zero attached hydrogens (tertiary/aromatic N) is 5. The molecule has 0 spiro atoms. The van der Waals surface area contributed by atoms with Gasteiger partial charge in [-0.25, -0.2) is 0 Å². The molecule has 7 aromatic carbocycles. The first kappa shape index (κ1) is 30.2. The zero-order chi connectivity index (χ0) is 34.6. The summed E-state index contributed by atoms with van der Waals surface area (Å²) in [5.74, 6) is 1.79. The molecule has 0 bridgehead atoms. The zero-order valence-electron chi connectivity index (χ0n) is 28.6. The lowest BCUT2D eigenvalue weighted by Crippen LogP contribution is -2.64. The second-order valence-electron chi connectivity index (χ2n) is 13.4. The van der Waals surface area contributed by atoms with Crippen molar-refractivity contribution in [1.82, 2.24) is 24.1 Å². The van der Waals surface area contributed by atoms with E-state index in [1.807, 2.05) is 0 Å². The van der Waals surface area contributed by atoms with Crippen molar-refractivity contribution in [1.29, 1.82) is 0 Å². The van der Waals surface area contributed by atoms with E-state index < -0.39 is 8.07 Å². The van der Waals surface area contributed by atoms with Crippen LogP contribution in [0.2, 0.25) is 6.55 Å². The summed E-state index contributed by atoms with van der Waals surface area (Å²) in [6, 6.07) is 64.7. The van der Waals surface area contributed by atoms with E-state index in [1.54, 1.807) is 0 Å². The number of aromatic nitrogens is 5. The maximum Gasteiger partial charge on any atom is 0.240 e. The Hall–Kier alpha value is -6.63. The molecule has 0 N–H and O–H groups in total. The number of rotatable bonds is 6. The molecule has 0 aliphatic rings. The Kier molecular flexibility index (Phi) is 6.98. The van der Waals surface area contributed by atoms with Crippen molar-refractivity contribution in [2.45, 2.75) is 6.55 Å². The Morgan fingerprint density at radius 3 is 1.15 bits per heavy atom. The molecule has 0 aliphatic heterocycles. The lowest BCUT2D eigenvalue weighted by molar-refractivity contribution is 0.893. The molecule has 3 heterocycles. The van der Waals surface area contributed by atoms with Crippen LogP contribution in [-0.2, 0) is 0 Å². The van der Waals surface area contributed by atoms with Crippen LogP contribution in [0.1, 0.15) is 0 Å². The standard InChI is InChI=1S/C46H33N5Si/c1-52(33-18-4-2-5-19-33,34-20-6-3-7-21-34)35-22-16-17-32(31-35)44-47-45(50-40-27-12-8-23-36(40)37-24-9-13-28-41(37)50)49-46(48-44)51-42-29-14-10-25-38(42)39-26-11-15-30-43(39)51/h2-31H,1H3. The van der Waals surface area contributed by atoms with Gasteiger partial charge < -0.3 is 0 Å². The van der Waals surface area contributed by atoms with Crippen LogP contribution < -0.4 is 15.6 Å². The molecule has 5 nitrogen and oxygen atoms in total. The molecule has 0 saturated heterocycles. The van der Waals surface area contributed by atoms with Crippen molar-refractivity contribution in [2.24, 2.45) is 0 Å². The fourth-order valence-corrected chi connectivity index (χ4v) is 11.6. The van der Waals surface area contributed by atoms with Crippen LogP contribution in [-0.4, -0.2) is 32.2 Å². The first-order chi connectivity index (χ1) is 25.7. The molecule has 0 radical (unpaired) electrons. The summed E-state index contributed by atoms with van der Waals surface area (Å²) >= 11 is 0. The third-order valence-corrected chi connectivity index (χ3v) is 15.0. The Morgan fingerprint density at radius 2 is 0.731 bits per heavy atom. The first-order valence-electron chi connectivity index (χ1n) is 17.6. The molecular weight excluding hydrogens is 651 g/mol. The monoisotopic (exact) mass is 683 g/mol. The van der Waals surface area contributed by atoms with Crippen LogP contribution >= 0.6 is 0 Å². The van der Waals surface area contributed by atoms with Crippen LogP contribution in [0.5, 0.6) is 0 Å². The molecule has 246 valence electrons. The highest BCUT2D eigenvalue weighted by molar-refractivity contribution is 7.10. The molecule has 0 atom stereocenters. The van der Waals surface area contributed by atoms with Crippen molar-refractivity contribution in [3.8, 4) is 23.3 Å². The van der Waals surface area contributed by atoms with E-state index >= 15 is 0 Å². The minimum Gasteiger partial charge on any atom is -0.278 e. The van der Waals surface area contributed by atoms with E-state index in [-0.39, 0.29) is 0 Å². The summed E-state index contributed by atoms with van der Waals surface area (Å²) < 4.78 is 4.37. The average molecular weight is 684 g/mol. The lowest BCUT2D eigenvalue weighted by atomic mass is 10.2. The van der Waals surface area contributed by atoms with E-state index in [0.717, 1.165) is 49.2 Å². The number of para-hydroxylation sites is 4. The predicted octanol–water partition coefficient (Wildman–Crippen LogP) is 8.83. The molecule has 10 rings (SSSR count). The number of fused-ring (bicyclic) bond motifs is 6. The molecule has 0 amide bonds. The molecule has 52 heavy (non-hydrogen) atoms. The lowest BCUT2D eigenvalue weighted by Gasteiger charge is -2.29. The van der Waals surface area contributed by atoms with Gasteiger partial charge >= 0.3 is 0 Å². The van der Waals surface area contributed by atoms with E-state index in [2.05, 4.69) is 198 Å². The van der Waals surface area contributed by atoms with Crippen molar-refractivity contribution in [3.63, 3.8) is 0 Å². The van der Waals surface area contributed by atoms with E-state index in [0.29, 0.717) is 17.7 Å². The normalized spacial score (nSPS) is 11.9. The van der Waals surface area contributed by atoms with Gasteiger partial charge in [-0.3, -0.25) is 9.13 Å². The Labute approximate surface area is 302 Å². The SMILES string of the molecule is C[Si](c1ccccc1)(c1ccccc1)c1cccc(-c2nc(-n3c4ccccc4c4ccccc43)nc(-n3c4ccccc4c4ccccc43)n2)c1. The van der Waals surface area contributed by atoms with Crippen LogP contribution in [0.4, 0.5) is 0 Å². The van der Waals surface area contributed by atoms with Crippen LogP contribution in [0.25, 0.3) is 66.9 Å². The van der Waals surface area contributed by atoms with Gasteiger partial charge in [0.05, 0.1) is 22.1 Å². The van der Waals surface area contributed by atoms with Gasteiger partial charge in [-0.15, -0.1) is 0 Å². The topological polar surface area (TPSA) is 48.5 Å². The highest BCUT2D eigenvalue weighted by Crippen LogP contribution is 2.34. The Morgan fingerprint density at radius 1 is 0.365 bits per heavy atom. The van der Waals surface area contributed by atoms with Crippen molar-refractivity contribution >= 4 is 67.2 Å². The zero-order valence-corrected chi connectivity index (χ0v) is 29.6. The van der Waals surface area contributed by atoms with Gasteiger partial charge in [0.25, 0.3) is 0 Å². The van der Waals surface area contributed by atoms with Crippen molar-refractivity contribution in [2.75, 3.05) is 0 Å². The third kappa shape index (κ3) is 4.65. The van der Waals surface area contributed by atoms with E-state index in [9.17, 15) is 0 Å². The van der Waals surface area contributed by atoms with Crippen LogP contribution in [0.3, 0.4) is 0 Å². The van der Waals surface area contributed by atoms with E-state index in [1.165, 1.54) is 15.6 Å². The van der Waals surface area contributed by atoms with Gasteiger partial charge in [-0.05, 0) is 39.8 Å². The predicted molar refractivity (Wildman–Crippen MR) is 217 cm³/mol. The second-order valence-corrected chi connectivity index (χ2v) is 17.4. The molecule has 10 aromatic rings. The second kappa shape index (κ2) is 12.0. The van der Waals surface area contributed by atoms with Gasteiger partial charge in [0.2, 0.25) is 11.9 Å². The summed E-state index contributed by atoms with van der Waals surface area (Å²) in [4.78, 5) is 16.0. The van der Waals surface area contributed by atoms with Crippen molar-refractivity contribution in [3.05, 3.63) is 182 Å². The molecule has 0 fully saturated rings. The molecule has 6 heteroatoms. The Bertz CT molecular complexity index is 2650. The minimum atomic E-state index is -2.40. The smallest absolute Gasteiger partial charge is 0.240 e. The molecule has 0 unspecified atom stereocenters. The summed E-state index contributed by atoms with van der Waals surface area (Å²) in [5, 5.41) is 8.64. The summed E-state index contributed by atoms with van der Waals surface area (Å²) in [6.45, 7) is 2.44. The highest BCUT2D eigenvalue weighted by Gasteiger charge is 2.34. The van der Waals surface area contributed by atoms with Gasteiger partial charge in [0.1, 0.15) is 8.07 Å². The van der Waals surface area contributed by atoms with Crippen molar-refractivity contribution < 1.29 is 0 Å². The van der Waals surface area contributed by atoms with E-state index in [4.69, 9.17) is 15.0 Å². The largest absolute Gasteiger partial charge is 0.278 e. The summed E-state index contributed by atoms with van der Waals surface area (Å²) in [6.07, 6.45) is 0. The number of hydrogen-bond acceptors (Lipinski definition) is 3. The number of benzene rings is 7. The molecule has 0 saturated carbocycles. The third-order valence-electron chi connectivity index (χ3n) is 10.6. The minimum absolute atomic E-state index is 0.579. The first-order valence-corrected chi connectivity index (χ1v) is 20.1. The fraction of sp³-hybridized carbons (Fsp3) is 0.0217. The maximum atomic E-state index is 5.33. The quantitative estimate of drug-likeness (QED) is 0.130. The summed E-state index contributed by atoms with van der Waals surface area (Å²) in [7, 11) is -2.40. The van der Waals surface area contributed by atoms with Gasteiger partial charge in [0, 0.05) is 27.1 Å². The maximum absolute atomic E-state index is 5.33. The van der Waals surface area contributed by atoms with Gasteiger partial charge in [0.15, 0.2) is 5.82 Å². The van der Waals surface area contributed by atoms with Crippen LogP contribution in [0, 0.1) is 0 Å². The summed E-state index contributed by atoms with van der Waals surface area (Å²) in [5.41, 5.74) is 5.16. The molecule has 3 aromatic heterocycles. The molecule has 0 aliphatic carbocycles.